The first-order valence-corrected chi connectivity index (χ1v) is 9.62. The minimum Gasteiger partial charge on any atom is -0.497 e. The van der Waals surface area contributed by atoms with Crippen LogP contribution in [-0.4, -0.2) is 29.2 Å². The van der Waals surface area contributed by atoms with Crippen LogP contribution in [0, 0.1) is 0 Å². The zero-order valence-electron chi connectivity index (χ0n) is 15.9. The molecule has 2 heterocycles. The van der Waals surface area contributed by atoms with Gasteiger partial charge in [0.25, 0.3) is 0 Å². The van der Waals surface area contributed by atoms with Crippen molar-refractivity contribution in [3.8, 4) is 11.5 Å². The van der Waals surface area contributed by atoms with Crippen molar-refractivity contribution < 1.29 is 9.47 Å². The molecule has 0 atom stereocenters. The van der Waals surface area contributed by atoms with Crippen LogP contribution in [0.3, 0.4) is 0 Å². The SMILES string of the molecule is COc1ccc(OC)c(Nc2ncnc(Sc3cccc4cccnc34)c2N)c1. The molecule has 29 heavy (non-hydrogen) atoms. The molecule has 0 fully saturated rings. The van der Waals surface area contributed by atoms with E-state index in [1.54, 1.807) is 20.4 Å². The van der Waals surface area contributed by atoms with Gasteiger partial charge in [0.15, 0.2) is 5.82 Å². The highest BCUT2D eigenvalue weighted by Gasteiger charge is 2.14. The van der Waals surface area contributed by atoms with Gasteiger partial charge in [0.2, 0.25) is 0 Å². The number of methoxy groups -OCH3 is 2. The molecule has 0 aliphatic rings. The van der Waals surface area contributed by atoms with E-state index in [9.17, 15) is 0 Å². The first kappa shape index (κ1) is 18.8. The van der Waals surface area contributed by atoms with E-state index in [1.807, 2.05) is 48.5 Å². The second-order valence-electron chi connectivity index (χ2n) is 6.07. The number of rotatable bonds is 6. The Hall–Kier alpha value is -3.52. The number of nitrogens with zero attached hydrogens (tertiary/aromatic N) is 3. The normalized spacial score (nSPS) is 10.7. The molecule has 7 nitrogen and oxygen atoms in total. The summed E-state index contributed by atoms with van der Waals surface area (Å²) in [6, 6.07) is 15.4. The summed E-state index contributed by atoms with van der Waals surface area (Å²) in [5.74, 6) is 1.83. The predicted octanol–water partition coefficient (Wildman–Crippen LogP) is 4.52. The van der Waals surface area contributed by atoms with E-state index in [-0.39, 0.29) is 0 Å². The van der Waals surface area contributed by atoms with Crippen LogP contribution in [-0.2, 0) is 0 Å². The Morgan fingerprint density at radius 2 is 1.83 bits per heavy atom. The van der Waals surface area contributed by atoms with Crippen molar-refractivity contribution in [2.75, 3.05) is 25.3 Å². The van der Waals surface area contributed by atoms with Crippen molar-refractivity contribution in [3.05, 3.63) is 61.1 Å². The van der Waals surface area contributed by atoms with E-state index >= 15 is 0 Å². The number of nitrogens with one attached hydrogen (secondary N) is 1. The summed E-state index contributed by atoms with van der Waals surface area (Å²) < 4.78 is 10.7. The first-order chi connectivity index (χ1) is 14.2. The Morgan fingerprint density at radius 1 is 0.966 bits per heavy atom. The second-order valence-corrected chi connectivity index (χ2v) is 7.10. The van der Waals surface area contributed by atoms with Gasteiger partial charge in [-0.2, -0.15) is 0 Å². The molecule has 0 spiro atoms. The maximum Gasteiger partial charge on any atom is 0.158 e. The summed E-state index contributed by atoms with van der Waals surface area (Å²) in [6.07, 6.45) is 3.25. The fourth-order valence-electron chi connectivity index (χ4n) is 2.86. The van der Waals surface area contributed by atoms with Gasteiger partial charge in [-0.25, -0.2) is 9.97 Å². The van der Waals surface area contributed by atoms with E-state index in [0.717, 1.165) is 15.8 Å². The Bertz CT molecular complexity index is 1160. The van der Waals surface area contributed by atoms with Crippen molar-refractivity contribution in [3.63, 3.8) is 0 Å². The summed E-state index contributed by atoms with van der Waals surface area (Å²) in [6.45, 7) is 0. The van der Waals surface area contributed by atoms with Crippen LogP contribution in [0.4, 0.5) is 17.2 Å². The van der Waals surface area contributed by atoms with E-state index in [1.165, 1.54) is 18.1 Å². The van der Waals surface area contributed by atoms with Crippen LogP contribution in [0.25, 0.3) is 10.9 Å². The molecule has 2 aromatic carbocycles. The minimum absolute atomic E-state index is 0.440. The number of aromatic nitrogens is 3. The summed E-state index contributed by atoms with van der Waals surface area (Å²) in [4.78, 5) is 14.1. The van der Waals surface area contributed by atoms with Crippen molar-refractivity contribution >= 4 is 39.9 Å². The number of nitrogens with two attached hydrogens (primary N) is 1. The Balaban J connectivity index is 1.68. The predicted molar refractivity (Wildman–Crippen MR) is 115 cm³/mol. The molecule has 0 amide bonds. The van der Waals surface area contributed by atoms with Gasteiger partial charge in [0.05, 0.1) is 25.4 Å². The average molecular weight is 405 g/mol. The highest BCUT2D eigenvalue weighted by molar-refractivity contribution is 7.99. The van der Waals surface area contributed by atoms with Crippen LogP contribution < -0.4 is 20.5 Å². The highest BCUT2D eigenvalue weighted by Crippen LogP contribution is 2.38. The number of fused-ring (bicyclic) bond motifs is 1. The lowest BCUT2D eigenvalue weighted by atomic mass is 10.2. The van der Waals surface area contributed by atoms with E-state index in [4.69, 9.17) is 15.2 Å². The fourth-order valence-corrected chi connectivity index (χ4v) is 3.79. The van der Waals surface area contributed by atoms with Crippen LogP contribution in [0.15, 0.2) is 71.0 Å². The van der Waals surface area contributed by atoms with Gasteiger partial charge in [-0.1, -0.05) is 30.0 Å². The lowest BCUT2D eigenvalue weighted by molar-refractivity contribution is 0.405. The van der Waals surface area contributed by atoms with Crippen LogP contribution in [0.1, 0.15) is 0 Å². The number of hydrogen-bond acceptors (Lipinski definition) is 8. The van der Waals surface area contributed by atoms with E-state index < -0.39 is 0 Å². The maximum atomic E-state index is 6.38. The molecule has 4 aromatic rings. The number of para-hydroxylation sites is 1. The largest absolute Gasteiger partial charge is 0.497 e. The van der Waals surface area contributed by atoms with E-state index in [0.29, 0.717) is 33.7 Å². The quantitative estimate of drug-likeness (QED) is 0.452. The third-order valence-electron chi connectivity index (χ3n) is 4.31. The number of benzene rings is 2. The van der Waals surface area contributed by atoms with E-state index in [2.05, 4.69) is 20.3 Å². The van der Waals surface area contributed by atoms with Crippen molar-refractivity contribution in [1.29, 1.82) is 0 Å². The first-order valence-electron chi connectivity index (χ1n) is 8.80. The molecule has 3 N–H and O–H groups in total. The molecule has 8 heteroatoms. The summed E-state index contributed by atoms with van der Waals surface area (Å²) in [5.41, 5.74) is 8.42. The summed E-state index contributed by atoms with van der Waals surface area (Å²) in [7, 11) is 3.21. The molecule has 2 aromatic heterocycles. The molecule has 0 saturated heterocycles. The van der Waals surface area contributed by atoms with Gasteiger partial charge in [-0.15, -0.1) is 0 Å². The van der Waals surface area contributed by atoms with Crippen LogP contribution in [0.5, 0.6) is 11.5 Å². The summed E-state index contributed by atoms with van der Waals surface area (Å²) >= 11 is 1.45. The zero-order chi connectivity index (χ0) is 20.2. The molecule has 0 unspecified atom stereocenters. The van der Waals surface area contributed by atoms with Crippen molar-refractivity contribution in [1.82, 2.24) is 15.0 Å². The number of nitrogen functional groups attached to an aromatic ring is 1. The van der Waals surface area contributed by atoms with Crippen LogP contribution >= 0.6 is 11.8 Å². The molecular weight excluding hydrogens is 386 g/mol. The van der Waals surface area contributed by atoms with Crippen molar-refractivity contribution in [2.45, 2.75) is 9.92 Å². The van der Waals surface area contributed by atoms with Gasteiger partial charge >= 0.3 is 0 Å². The Kier molecular flexibility index (Phi) is 5.35. The zero-order valence-corrected chi connectivity index (χ0v) is 16.7. The molecule has 0 aliphatic heterocycles. The number of hydrogen-bond donors (Lipinski definition) is 2. The fraction of sp³-hybridized carbons (Fsp3) is 0.0952. The molecule has 0 aliphatic carbocycles. The Morgan fingerprint density at radius 3 is 2.66 bits per heavy atom. The van der Waals surface area contributed by atoms with Crippen LogP contribution in [0.2, 0.25) is 0 Å². The second kappa shape index (κ2) is 8.24. The standard InChI is InChI=1S/C21H19N5O2S/c1-27-14-8-9-16(28-2)15(11-14)26-20-18(22)21(25-12-24-20)29-17-7-3-5-13-6-4-10-23-19(13)17/h3-12H,22H2,1-2H3,(H,24,25,26). The lowest BCUT2D eigenvalue weighted by Gasteiger charge is -2.14. The van der Waals surface area contributed by atoms with Gasteiger partial charge < -0.3 is 20.5 Å². The lowest BCUT2D eigenvalue weighted by Crippen LogP contribution is -2.03. The van der Waals surface area contributed by atoms with Gasteiger partial charge in [0.1, 0.15) is 28.5 Å². The molecule has 0 bridgehead atoms. The highest BCUT2D eigenvalue weighted by atomic mass is 32.2. The smallest absolute Gasteiger partial charge is 0.158 e. The number of anilines is 3. The van der Waals surface area contributed by atoms with Crippen molar-refractivity contribution in [2.24, 2.45) is 0 Å². The molecule has 0 radical (unpaired) electrons. The molecular formula is C21H19N5O2S. The molecule has 0 saturated carbocycles. The maximum absolute atomic E-state index is 6.38. The molecule has 146 valence electrons. The third-order valence-corrected chi connectivity index (χ3v) is 5.38. The number of ether oxygens (including phenoxy) is 2. The minimum atomic E-state index is 0.440. The third kappa shape index (κ3) is 3.88. The molecule has 4 rings (SSSR count). The monoisotopic (exact) mass is 405 g/mol. The van der Waals surface area contributed by atoms with Gasteiger partial charge in [0, 0.05) is 22.5 Å². The average Bonchev–Trinajstić information content (AvgIpc) is 2.76. The van der Waals surface area contributed by atoms with Gasteiger partial charge in [-0.05, 0) is 24.3 Å². The number of pyridine rings is 1. The Labute approximate surface area is 172 Å². The topological polar surface area (TPSA) is 95.2 Å². The van der Waals surface area contributed by atoms with Gasteiger partial charge in [-0.3, -0.25) is 4.98 Å². The summed E-state index contributed by atoms with van der Waals surface area (Å²) in [5, 5.41) is 4.92.